The molecule has 0 aliphatic rings. The van der Waals surface area contributed by atoms with Crippen LogP contribution in [0.2, 0.25) is 0 Å². The van der Waals surface area contributed by atoms with E-state index < -0.39 is 5.41 Å². The molecule has 25 heavy (non-hydrogen) atoms. The Labute approximate surface area is 158 Å². The van der Waals surface area contributed by atoms with Crippen LogP contribution >= 0.6 is 15.9 Å². The molecule has 0 amide bonds. The van der Waals surface area contributed by atoms with Gasteiger partial charge in [-0.15, -0.1) is 0 Å². The molecule has 0 fully saturated rings. The standard InChI is InChI=1S/C21H25BrO3/c1-21(2,20(23)24-3)13-4-14-25-19-11-9-18(10-12-19)17-7-5-16(15-22)6-8-17/h5-12H,4,13-15H2,1-3H3. The Morgan fingerprint density at radius 2 is 1.56 bits per heavy atom. The van der Waals surface area contributed by atoms with Crippen LogP contribution in [0.5, 0.6) is 5.75 Å². The lowest BCUT2D eigenvalue weighted by atomic mass is 9.88. The van der Waals surface area contributed by atoms with Gasteiger partial charge >= 0.3 is 5.97 Å². The number of rotatable bonds is 8. The summed E-state index contributed by atoms with van der Waals surface area (Å²) in [5.41, 5.74) is 3.15. The van der Waals surface area contributed by atoms with Crippen LogP contribution in [-0.2, 0) is 14.9 Å². The molecule has 134 valence electrons. The van der Waals surface area contributed by atoms with Gasteiger partial charge in [-0.2, -0.15) is 0 Å². The first-order valence-corrected chi connectivity index (χ1v) is 9.55. The fourth-order valence-electron chi connectivity index (χ4n) is 2.61. The molecule has 0 saturated carbocycles. The first kappa shape index (κ1) is 19.5. The lowest BCUT2D eigenvalue weighted by Gasteiger charge is -2.21. The van der Waals surface area contributed by atoms with Gasteiger partial charge in [-0.1, -0.05) is 52.3 Å². The quantitative estimate of drug-likeness (QED) is 0.326. The second-order valence-electron chi connectivity index (χ2n) is 6.68. The summed E-state index contributed by atoms with van der Waals surface area (Å²) >= 11 is 3.46. The molecule has 2 rings (SSSR count). The molecule has 0 unspecified atom stereocenters. The number of hydrogen-bond acceptors (Lipinski definition) is 3. The molecule has 3 nitrogen and oxygen atoms in total. The zero-order chi connectivity index (χ0) is 18.3. The summed E-state index contributed by atoms with van der Waals surface area (Å²) < 4.78 is 10.6. The molecule has 0 aliphatic heterocycles. The van der Waals surface area contributed by atoms with Gasteiger partial charge in [-0.3, -0.25) is 4.79 Å². The van der Waals surface area contributed by atoms with E-state index in [-0.39, 0.29) is 5.97 Å². The Balaban J connectivity index is 1.85. The van der Waals surface area contributed by atoms with E-state index >= 15 is 0 Å². The Hall–Kier alpha value is -1.81. The normalized spacial score (nSPS) is 11.2. The first-order valence-electron chi connectivity index (χ1n) is 8.43. The van der Waals surface area contributed by atoms with Crippen molar-refractivity contribution in [2.45, 2.75) is 32.0 Å². The number of halogens is 1. The largest absolute Gasteiger partial charge is 0.494 e. The van der Waals surface area contributed by atoms with Crippen molar-refractivity contribution in [3.8, 4) is 16.9 Å². The second kappa shape index (κ2) is 9.04. The van der Waals surface area contributed by atoms with E-state index in [1.807, 2.05) is 26.0 Å². The minimum Gasteiger partial charge on any atom is -0.494 e. The third-order valence-corrected chi connectivity index (χ3v) is 4.90. The molecule has 0 bridgehead atoms. The molecule has 0 spiro atoms. The van der Waals surface area contributed by atoms with Crippen molar-refractivity contribution in [2.24, 2.45) is 5.41 Å². The Bertz CT molecular complexity index is 675. The summed E-state index contributed by atoms with van der Waals surface area (Å²) in [5, 5.41) is 0.868. The number of carbonyl (C=O) groups excluding carboxylic acids is 1. The van der Waals surface area contributed by atoms with Crippen LogP contribution in [0.25, 0.3) is 11.1 Å². The van der Waals surface area contributed by atoms with E-state index in [0.717, 1.165) is 23.9 Å². The van der Waals surface area contributed by atoms with E-state index in [4.69, 9.17) is 9.47 Å². The maximum absolute atomic E-state index is 11.6. The Kier molecular flexibility index (Phi) is 7.06. The molecule has 0 aromatic heterocycles. The molecule has 0 aliphatic carbocycles. The number of alkyl halides is 1. The fourth-order valence-corrected chi connectivity index (χ4v) is 2.99. The molecule has 0 heterocycles. The highest BCUT2D eigenvalue weighted by Crippen LogP contribution is 2.25. The van der Waals surface area contributed by atoms with Crippen LogP contribution < -0.4 is 4.74 Å². The number of hydrogen-bond donors (Lipinski definition) is 0. The third kappa shape index (κ3) is 5.60. The van der Waals surface area contributed by atoms with Crippen molar-refractivity contribution < 1.29 is 14.3 Å². The molecule has 4 heteroatoms. The van der Waals surface area contributed by atoms with Gasteiger partial charge in [0.25, 0.3) is 0 Å². The SMILES string of the molecule is COC(=O)C(C)(C)CCCOc1ccc(-c2ccc(CBr)cc2)cc1. The lowest BCUT2D eigenvalue weighted by Crippen LogP contribution is -2.26. The van der Waals surface area contributed by atoms with Gasteiger partial charge < -0.3 is 9.47 Å². The summed E-state index contributed by atoms with van der Waals surface area (Å²) in [6.07, 6.45) is 1.54. The highest BCUT2D eigenvalue weighted by Gasteiger charge is 2.27. The monoisotopic (exact) mass is 404 g/mol. The van der Waals surface area contributed by atoms with Crippen molar-refractivity contribution in [3.05, 3.63) is 54.1 Å². The van der Waals surface area contributed by atoms with Crippen LogP contribution in [0.15, 0.2) is 48.5 Å². The van der Waals surface area contributed by atoms with E-state index in [2.05, 4.69) is 52.3 Å². The Morgan fingerprint density at radius 1 is 1.00 bits per heavy atom. The number of carbonyl (C=O) groups is 1. The molecule has 2 aromatic rings. The zero-order valence-corrected chi connectivity index (χ0v) is 16.6. The predicted molar refractivity (Wildman–Crippen MR) is 105 cm³/mol. The summed E-state index contributed by atoms with van der Waals surface area (Å²) in [5.74, 6) is 0.666. The molecule has 2 aromatic carbocycles. The molecule has 0 radical (unpaired) electrons. The van der Waals surface area contributed by atoms with E-state index in [9.17, 15) is 4.79 Å². The van der Waals surface area contributed by atoms with Crippen molar-refractivity contribution in [1.29, 1.82) is 0 Å². The zero-order valence-electron chi connectivity index (χ0n) is 15.0. The van der Waals surface area contributed by atoms with Crippen LogP contribution in [0.4, 0.5) is 0 Å². The molecular formula is C21H25BrO3. The van der Waals surface area contributed by atoms with Gasteiger partial charge in [0.05, 0.1) is 19.1 Å². The van der Waals surface area contributed by atoms with Gasteiger partial charge in [-0.25, -0.2) is 0 Å². The number of esters is 1. The molecule has 0 atom stereocenters. The van der Waals surface area contributed by atoms with Gasteiger partial charge in [-0.05, 0) is 55.5 Å². The highest BCUT2D eigenvalue weighted by molar-refractivity contribution is 9.08. The van der Waals surface area contributed by atoms with Gasteiger partial charge in [0.1, 0.15) is 5.75 Å². The maximum atomic E-state index is 11.6. The van der Waals surface area contributed by atoms with E-state index in [1.54, 1.807) is 0 Å². The highest BCUT2D eigenvalue weighted by atomic mass is 79.9. The summed E-state index contributed by atoms with van der Waals surface area (Å²) in [6.45, 7) is 4.38. The summed E-state index contributed by atoms with van der Waals surface area (Å²) in [7, 11) is 1.43. The third-order valence-electron chi connectivity index (χ3n) is 4.25. The van der Waals surface area contributed by atoms with Crippen LogP contribution in [0, 0.1) is 5.41 Å². The Morgan fingerprint density at radius 3 is 2.08 bits per heavy atom. The predicted octanol–water partition coefficient (Wildman–Crippen LogP) is 5.61. The second-order valence-corrected chi connectivity index (χ2v) is 7.24. The topological polar surface area (TPSA) is 35.5 Å². The number of benzene rings is 2. The van der Waals surface area contributed by atoms with E-state index in [0.29, 0.717) is 6.61 Å². The molecule has 0 saturated heterocycles. The summed E-state index contributed by atoms with van der Waals surface area (Å²) in [6, 6.07) is 16.6. The molecular weight excluding hydrogens is 380 g/mol. The van der Waals surface area contributed by atoms with Gasteiger partial charge in [0.2, 0.25) is 0 Å². The van der Waals surface area contributed by atoms with Crippen LogP contribution in [0.1, 0.15) is 32.3 Å². The number of ether oxygens (including phenoxy) is 2. The van der Waals surface area contributed by atoms with Crippen molar-refractivity contribution in [2.75, 3.05) is 13.7 Å². The first-order chi connectivity index (χ1) is 12.0. The minimum atomic E-state index is -0.469. The summed E-state index contributed by atoms with van der Waals surface area (Å²) in [4.78, 5) is 11.6. The van der Waals surface area contributed by atoms with E-state index in [1.165, 1.54) is 23.8 Å². The van der Waals surface area contributed by atoms with Crippen LogP contribution in [-0.4, -0.2) is 19.7 Å². The minimum absolute atomic E-state index is 0.178. The van der Waals surface area contributed by atoms with Gasteiger partial charge in [0, 0.05) is 5.33 Å². The smallest absolute Gasteiger partial charge is 0.311 e. The average molecular weight is 405 g/mol. The van der Waals surface area contributed by atoms with Crippen LogP contribution in [0.3, 0.4) is 0 Å². The van der Waals surface area contributed by atoms with Crippen molar-refractivity contribution in [3.63, 3.8) is 0 Å². The maximum Gasteiger partial charge on any atom is 0.311 e. The van der Waals surface area contributed by atoms with Crippen molar-refractivity contribution in [1.82, 2.24) is 0 Å². The molecule has 0 N–H and O–H groups in total. The average Bonchev–Trinajstić information content (AvgIpc) is 2.65. The van der Waals surface area contributed by atoms with Crippen molar-refractivity contribution >= 4 is 21.9 Å². The fraction of sp³-hybridized carbons (Fsp3) is 0.381. The number of methoxy groups -OCH3 is 1. The van der Waals surface area contributed by atoms with Gasteiger partial charge in [0.15, 0.2) is 0 Å². The lowest BCUT2D eigenvalue weighted by molar-refractivity contribution is -0.151.